The van der Waals surface area contributed by atoms with Crippen LogP contribution in [0.2, 0.25) is 0 Å². The van der Waals surface area contributed by atoms with E-state index >= 15 is 0 Å². The van der Waals surface area contributed by atoms with Gasteiger partial charge in [0.05, 0.1) is 11.1 Å². The van der Waals surface area contributed by atoms with E-state index in [9.17, 15) is 18.3 Å². The molecule has 0 aliphatic heterocycles. The first kappa shape index (κ1) is 10.9. The first-order valence-corrected chi connectivity index (χ1v) is 5.16. The fraction of sp³-hybridized carbons (Fsp3) is 0.100. The van der Waals surface area contributed by atoms with Gasteiger partial charge in [0.25, 0.3) is 0 Å². The van der Waals surface area contributed by atoms with E-state index < -0.39 is 17.5 Å². The van der Waals surface area contributed by atoms with E-state index in [-0.39, 0.29) is 0 Å². The average molecular weight is 245 g/mol. The van der Waals surface area contributed by atoms with Gasteiger partial charge in [-0.25, -0.2) is 4.98 Å². The van der Waals surface area contributed by atoms with Crippen molar-refractivity contribution < 1.29 is 18.3 Å². The summed E-state index contributed by atoms with van der Waals surface area (Å²) in [5.74, 6) is -0.412. The molecule has 2 aromatic rings. The second kappa shape index (κ2) is 3.79. The lowest BCUT2D eigenvalue weighted by atomic mass is 10.1. The zero-order valence-corrected chi connectivity index (χ0v) is 8.64. The Labute approximate surface area is 93.0 Å². The molecule has 16 heavy (non-hydrogen) atoms. The molecule has 0 fully saturated rings. The minimum Gasteiger partial charge on any atom is -0.507 e. The van der Waals surface area contributed by atoms with Gasteiger partial charge in [0.1, 0.15) is 10.8 Å². The second-order valence-corrected chi connectivity index (χ2v) is 3.96. The van der Waals surface area contributed by atoms with Crippen molar-refractivity contribution in [2.75, 3.05) is 0 Å². The van der Waals surface area contributed by atoms with E-state index in [4.69, 9.17) is 0 Å². The lowest BCUT2D eigenvalue weighted by molar-refractivity contribution is -0.137. The molecule has 0 spiro atoms. The summed E-state index contributed by atoms with van der Waals surface area (Å²) in [5, 5.41) is 11.7. The molecule has 0 atom stereocenters. The van der Waals surface area contributed by atoms with E-state index in [0.29, 0.717) is 16.6 Å². The first-order valence-electron chi connectivity index (χ1n) is 4.28. The van der Waals surface area contributed by atoms with Crippen molar-refractivity contribution in [3.8, 4) is 16.3 Å². The minimum atomic E-state index is -4.45. The number of aromatic nitrogens is 1. The second-order valence-electron chi connectivity index (χ2n) is 3.07. The molecule has 0 aliphatic carbocycles. The standard InChI is InChI=1S/C10H6F3NOS/c11-10(12,13)6-1-2-7(8(15)5-6)9-14-3-4-16-9/h1-5,15H. The molecule has 0 bridgehead atoms. The monoisotopic (exact) mass is 245 g/mol. The summed E-state index contributed by atoms with van der Waals surface area (Å²) in [6.07, 6.45) is -2.92. The highest BCUT2D eigenvalue weighted by Crippen LogP contribution is 2.36. The molecule has 2 nitrogen and oxygen atoms in total. The van der Waals surface area contributed by atoms with Crippen LogP contribution in [0.15, 0.2) is 29.8 Å². The number of hydrogen-bond donors (Lipinski definition) is 1. The summed E-state index contributed by atoms with van der Waals surface area (Å²) in [4.78, 5) is 3.92. The number of benzene rings is 1. The predicted molar refractivity (Wildman–Crippen MR) is 54.2 cm³/mol. The van der Waals surface area contributed by atoms with Crippen molar-refractivity contribution in [1.82, 2.24) is 4.98 Å². The van der Waals surface area contributed by atoms with E-state index in [1.54, 1.807) is 5.38 Å². The van der Waals surface area contributed by atoms with Crippen LogP contribution >= 0.6 is 11.3 Å². The van der Waals surface area contributed by atoms with Crippen molar-refractivity contribution in [1.29, 1.82) is 0 Å². The van der Waals surface area contributed by atoms with Crippen LogP contribution < -0.4 is 0 Å². The SMILES string of the molecule is Oc1cc(C(F)(F)F)ccc1-c1nccs1. The van der Waals surface area contributed by atoms with E-state index in [1.165, 1.54) is 23.6 Å². The Bertz CT molecular complexity index is 493. The average Bonchev–Trinajstić information content (AvgIpc) is 2.69. The Hall–Kier alpha value is -1.56. The van der Waals surface area contributed by atoms with Gasteiger partial charge in [0.15, 0.2) is 0 Å². The van der Waals surface area contributed by atoms with Gasteiger partial charge in [-0.05, 0) is 18.2 Å². The van der Waals surface area contributed by atoms with Gasteiger partial charge < -0.3 is 5.11 Å². The third-order valence-corrected chi connectivity index (χ3v) is 2.79. The van der Waals surface area contributed by atoms with Crippen molar-refractivity contribution in [3.63, 3.8) is 0 Å². The van der Waals surface area contributed by atoms with E-state index in [1.807, 2.05) is 0 Å². The number of rotatable bonds is 1. The van der Waals surface area contributed by atoms with Gasteiger partial charge in [-0.3, -0.25) is 0 Å². The van der Waals surface area contributed by atoms with Gasteiger partial charge in [0, 0.05) is 11.6 Å². The normalized spacial score (nSPS) is 11.7. The third-order valence-electron chi connectivity index (χ3n) is 1.99. The molecule has 0 aliphatic rings. The lowest BCUT2D eigenvalue weighted by Crippen LogP contribution is -2.04. The highest BCUT2D eigenvalue weighted by Gasteiger charge is 2.31. The van der Waals surface area contributed by atoms with E-state index in [0.717, 1.165) is 6.07 Å². The molecule has 1 aromatic carbocycles. The number of hydrogen-bond acceptors (Lipinski definition) is 3. The zero-order valence-electron chi connectivity index (χ0n) is 7.82. The minimum absolute atomic E-state index is 0.308. The highest BCUT2D eigenvalue weighted by molar-refractivity contribution is 7.13. The third kappa shape index (κ3) is 2.01. The van der Waals surface area contributed by atoms with Crippen LogP contribution in [0.1, 0.15) is 5.56 Å². The molecule has 0 unspecified atom stereocenters. The van der Waals surface area contributed by atoms with Crippen molar-refractivity contribution >= 4 is 11.3 Å². The summed E-state index contributed by atoms with van der Waals surface area (Å²) >= 11 is 1.25. The molecule has 0 saturated heterocycles. The largest absolute Gasteiger partial charge is 0.507 e. The van der Waals surface area contributed by atoms with E-state index in [2.05, 4.69) is 4.98 Å². The Morgan fingerprint density at radius 3 is 2.50 bits per heavy atom. The van der Waals surface area contributed by atoms with Gasteiger partial charge in [-0.15, -0.1) is 11.3 Å². The highest BCUT2D eigenvalue weighted by atomic mass is 32.1. The summed E-state index contributed by atoms with van der Waals surface area (Å²) in [6.45, 7) is 0. The first-order chi connectivity index (χ1) is 7.48. The summed E-state index contributed by atoms with van der Waals surface area (Å²) in [5.41, 5.74) is -0.562. The topological polar surface area (TPSA) is 33.1 Å². The van der Waals surface area contributed by atoms with Crippen LogP contribution in [0.4, 0.5) is 13.2 Å². The van der Waals surface area contributed by atoms with Gasteiger partial charge >= 0.3 is 6.18 Å². The number of nitrogens with zero attached hydrogens (tertiary/aromatic N) is 1. The number of halogens is 3. The quantitative estimate of drug-likeness (QED) is 0.833. The van der Waals surface area contributed by atoms with Gasteiger partial charge in [-0.1, -0.05) is 0 Å². The number of phenolic OH excluding ortho intramolecular Hbond substituents is 1. The Balaban J connectivity index is 2.46. The molecule has 1 aromatic heterocycles. The fourth-order valence-corrected chi connectivity index (χ4v) is 1.92. The maximum absolute atomic E-state index is 12.3. The number of phenols is 1. The lowest BCUT2D eigenvalue weighted by Gasteiger charge is -2.08. The van der Waals surface area contributed by atoms with Gasteiger partial charge in [0.2, 0.25) is 0 Å². The van der Waals surface area contributed by atoms with Crippen molar-refractivity contribution in [2.24, 2.45) is 0 Å². The zero-order chi connectivity index (χ0) is 11.8. The molecular weight excluding hydrogens is 239 g/mol. The van der Waals surface area contributed by atoms with Crippen LogP contribution in [-0.4, -0.2) is 10.1 Å². The van der Waals surface area contributed by atoms with Crippen LogP contribution in [0.3, 0.4) is 0 Å². The fourth-order valence-electron chi connectivity index (χ4n) is 1.25. The predicted octanol–water partition coefficient (Wildman–Crippen LogP) is 3.53. The molecule has 0 amide bonds. The van der Waals surface area contributed by atoms with Crippen LogP contribution in [0, 0.1) is 0 Å². The maximum Gasteiger partial charge on any atom is 0.416 e. The molecule has 0 saturated carbocycles. The van der Waals surface area contributed by atoms with Crippen LogP contribution in [0.5, 0.6) is 5.75 Å². The Kier molecular flexibility index (Phi) is 2.59. The van der Waals surface area contributed by atoms with Crippen molar-refractivity contribution in [2.45, 2.75) is 6.18 Å². The molecule has 0 radical (unpaired) electrons. The number of alkyl halides is 3. The Morgan fingerprint density at radius 2 is 2.00 bits per heavy atom. The molecule has 6 heteroatoms. The Morgan fingerprint density at radius 1 is 1.25 bits per heavy atom. The molecule has 1 heterocycles. The van der Waals surface area contributed by atoms with Crippen molar-refractivity contribution in [3.05, 3.63) is 35.3 Å². The molecule has 1 N–H and O–H groups in total. The maximum atomic E-state index is 12.3. The number of thiazole rings is 1. The van der Waals surface area contributed by atoms with Gasteiger partial charge in [-0.2, -0.15) is 13.2 Å². The molecule has 2 rings (SSSR count). The summed E-state index contributed by atoms with van der Waals surface area (Å²) in [7, 11) is 0. The summed E-state index contributed by atoms with van der Waals surface area (Å²) in [6, 6.07) is 2.85. The molecular formula is C10H6F3NOS. The van der Waals surface area contributed by atoms with Crippen LogP contribution in [0.25, 0.3) is 10.6 Å². The van der Waals surface area contributed by atoms with Crippen LogP contribution in [-0.2, 0) is 6.18 Å². The molecule has 84 valence electrons. The smallest absolute Gasteiger partial charge is 0.416 e. The number of aromatic hydroxyl groups is 1. The summed E-state index contributed by atoms with van der Waals surface area (Å²) < 4.78 is 37.0.